The maximum atomic E-state index is 5.68. The molecular weight excluding hydrogens is 449 g/mol. The molecule has 2 unspecified atom stereocenters. The molecule has 0 bridgehead atoms. The van der Waals surface area contributed by atoms with Crippen LogP contribution in [0.15, 0.2) is 48.5 Å². The number of aromatic nitrogens is 2. The van der Waals surface area contributed by atoms with Crippen LogP contribution in [-0.4, -0.2) is 44.1 Å². The van der Waals surface area contributed by atoms with E-state index < -0.39 is 0 Å². The molecule has 0 N–H and O–H groups in total. The van der Waals surface area contributed by atoms with Crippen molar-refractivity contribution in [3.05, 3.63) is 56.4 Å². The lowest BCUT2D eigenvalue weighted by molar-refractivity contribution is 0.00811. The second-order valence-corrected chi connectivity index (χ2v) is 11.4. The van der Waals surface area contributed by atoms with Crippen molar-refractivity contribution >= 4 is 67.5 Å². The Morgan fingerprint density at radius 2 is 1.13 bits per heavy atom. The number of nitrogens with zero attached hydrogens (tertiary/aromatic N) is 4. The minimum absolute atomic E-state index is 0.445. The third-order valence-corrected chi connectivity index (χ3v) is 8.90. The molecule has 3 heterocycles. The van der Waals surface area contributed by atoms with Gasteiger partial charge in [-0.3, -0.25) is 9.80 Å². The highest BCUT2D eigenvalue weighted by atomic mass is 32.2. The molecule has 0 aliphatic carbocycles. The highest BCUT2D eigenvalue weighted by Crippen LogP contribution is 2.27. The van der Waals surface area contributed by atoms with Gasteiger partial charge in [-0.15, -0.1) is 22.7 Å². The highest BCUT2D eigenvalue weighted by Gasteiger charge is 2.30. The van der Waals surface area contributed by atoms with Gasteiger partial charge in [0.25, 0.3) is 0 Å². The fourth-order valence-electron chi connectivity index (χ4n) is 4.32. The van der Waals surface area contributed by atoms with Crippen molar-refractivity contribution in [3.8, 4) is 0 Å². The second kappa shape index (κ2) is 8.26. The monoisotopic (exact) mass is 472 g/mol. The Hall–Kier alpha value is -1.42. The molecule has 8 heteroatoms. The zero-order valence-electron chi connectivity index (χ0n) is 17.0. The summed E-state index contributed by atoms with van der Waals surface area (Å²) in [6.45, 7) is 8.38. The van der Waals surface area contributed by atoms with E-state index in [0.29, 0.717) is 12.1 Å². The van der Waals surface area contributed by atoms with Gasteiger partial charge in [0.2, 0.25) is 0 Å². The van der Waals surface area contributed by atoms with Crippen LogP contribution in [0, 0.1) is 7.91 Å². The van der Waals surface area contributed by atoms with Gasteiger partial charge in [0.15, 0.2) is 7.91 Å². The molecule has 2 aromatic heterocycles. The van der Waals surface area contributed by atoms with Crippen LogP contribution in [0.5, 0.6) is 0 Å². The van der Waals surface area contributed by atoms with Crippen LogP contribution in [-0.2, 0) is 13.3 Å². The van der Waals surface area contributed by atoms with Crippen LogP contribution in [0.3, 0.4) is 0 Å². The van der Waals surface area contributed by atoms with Crippen molar-refractivity contribution in [2.24, 2.45) is 0 Å². The first-order chi connectivity index (χ1) is 14.5. The molecular formula is C22H24N4S4. The SMILES string of the molecule is CC1CN(Cn2c(=S)sc3ccccc32)C(C)CN1Cn1c(=S)sc2ccccc21. The Kier molecular flexibility index (Phi) is 5.64. The first-order valence-electron chi connectivity index (χ1n) is 10.2. The Morgan fingerprint density at radius 1 is 0.733 bits per heavy atom. The van der Waals surface area contributed by atoms with E-state index in [1.807, 2.05) is 0 Å². The minimum Gasteiger partial charge on any atom is -0.309 e. The fraction of sp³-hybridized carbons (Fsp3) is 0.364. The molecule has 2 atom stereocenters. The number of para-hydroxylation sites is 2. The van der Waals surface area contributed by atoms with Crippen molar-refractivity contribution in [3.63, 3.8) is 0 Å². The van der Waals surface area contributed by atoms with Gasteiger partial charge in [0.1, 0.15) is 0 Å². The molecule has 0 saturated carbocycles. The number of fused-ring (bicyclic) bond motifs is 2. The third kappa shape index (κ3) is 3.70. The summed E-state index contributed by atoms with van der Waals surface area (Å²) in [5.41, 5.74) is 2.48. The lowest BCUT2D eigenvalue weighted by Gasteiger charge is -2.44. The van der Waals surface area contributed by atoms with Crippen molar-refractivity contribution in [2.45, 2.75) is 39.3 Å². The van der Waals surface area contributed by atoms with E-state index in [2.05, 4.69) is 81.3 Å². The van der Waals surface area contributed by atoms with Gasteiger partial charge in [-0.05, 0) is 62.5 Å². The number of hydrogen-bond donors (Lipinski definition) is 0. The first kappa shape index (κ1) is 20.5. The van der Waals surface area contributed by atoms with Gasteiger partial charge in [-0.1, -0.05) is 24.3 Å². The number of thiazole rings is 2. The average Bonchev–Trinajstić information content (AvgIpc) is 3.22. The van der Waals surface area contributed by atoms with E-state index >= 15 is 0 Å². The zero-order valence-corrected chi connectivity index (χ0v) is 20.3. The van der Waals surface area contributed by atoms with Gasteiger partial charge in [0, 0.05) is 25.2 Å². The molecule has 30 heavy (non-hydrogen) atoms. The lowest BCUT2D eigenvalue weighted by Crippen LogP contribution is -2.56. The lowest BCUT2D eigenvalue weighted by atomic mass is 10.1. The van der Waals surface area contributed by atoms with Crippen molar-refractivity contribution in [1.29, 1.82) is 0 Å². The maximum absolute atomic E-state index is 5.68. The zero-order chi connectivity index (χ0) is 20.8. The maximum Gasteiger partial charge on any atom is 0.163 e. The normalized spacial score (nSPS) is 21.0. The van der Waals surface area contributed by atoms with E-state index in [1.165, 1.54) is 20.4 Å². The van der Waals surface area contributed by atoms with Crippen LogP contribution < -0.4 is 0 Å². The van der Waals surface area contributed by atoms with Gasteiger partial charge in [0.05, 0.1) is 33.8 Å². The molecule has 1 saturated heterocycles. The summed E-state index contributed by atoms with van der Waals surface area (Å²) < 4.78 is 9.01. The largest absolute Gasteiger partial charge is 0.309 e. The van der Waals surface area contributed by atoms with Gasteiger partial charge in [-0.25, -0.2) is 0 Å². The first-order valence-corrected chi connectivity index (χ1v) is 12.6. The quantitative estimate of drug-likeness (QED) is 0.329. The van der Waals surface area contributed by atoms with Crippen LogP contribution in [0.25, 0.3) is 20.4 Å². The Bertz CT molecular complexity index is 1210. The summed E-state index contributed by atoms with van der Waals surface area (Å²) in [7, 11) is 0. The summed E-state index contributed by atoms with van der Waals surface area (Å²) in [5.74, 6) is 0. The summed E-state index contributed by atoms with van der Waals surface area (Å²) in [4.78, 5) is 5.11. The standard InChI is InChI=1S/C22H24N4S4/c1-15-11-24(14-26-18-8-4-6-10-20(18)30-22(26)28)16(2)12-23(15)13-25-17-7-3-5-9-19(17)29-21(25)27/h3-10,15-16H,11-14H2,1-2H3. The molecule has 0 radical (unpaired) electrons. The van der Waals surface area contributed by atoms with Crippen LogP contribution in [0.1, 0.15) is 13.8 Å². The van der Waals surface area contributed by atoms with E-state index in [4.69, 9.17) is 24.4 Å². The van der Waals surface area contributed by atoms with Crippen molar-refractivity contribution in [1.82, 2.24) is 18.9 Å². The topological polar surface area (TPSA) is 16.3 Å². The molecule has 2 aromatic carbocycles. The molecule has 0 amide bonds. The van der Waals surface area contributed by atoms with Gasteiger partial charge in [-0.2, -0.15) is 0 Å². The Labute approximate surface area is 194 Å². The predicted octanol–water partition coefficient (Wildman–Crippen LogP) is 6.19. The molecule has 1 aliphatic rings. The number of benzene rings is 2. The molecule has 4 aromatic rings. The molecule has 1 aliphatic heterocycles. The number of hydrogen-bond acceptors (Lipinski definition) is 6. The van der Waals surface area contributed by atoms with Crippen LogP contribution in [0.2, 0.25) is 0 Å². The molecule has 5 rings (SSSR count). The average molecular weight is 473 g/mol. The Morgan fingerprint density at radius 3 is 1.57 bits per heavy atom. The minimum atomic E-state index is 0.445. The van der Waals surface area contributed by atoms with Gasteiger partial charge < -0.3 is 9.13 Å². The van der Waals surface area contributed by atoms with E-state index in [1.54, 1.807) is 22.7 Å². The van der Waals surface area contributed by atoms with E-state index in [-0.39, 0.29) is 0 Å². The number of rotatable bonds is 4. The molecule has 0 spiro atoms. The fourth-order valence-corrected chi connectivity index (χ4v) is 6.94. The Balaban J connectivity index is 1.36. The second-order valence-electron chi connectivity index (χ2n) is 8.05. The number of piperazine rings is 1. The third-order valence-electron chi connectivity index (χ3n) is 6.04. The summed E-state index contributed by atoms with van der Waals surface area (Å²) in [6, 6.07) is 17.9. The van der Waals surface area contributed by atoms with E-state index in [0.717, 1.165) is 34.3 Å². The van der Waals surface area contributed by atoms with Crippen molar-refractivity contribution < 1.29 is 0 Å². The van der Waals surface area contributed by atoms with E-state index in [9.17, 15) is 0 Å². The van der Waals surface area contributed by atoms with Crippen LogP contribution >= 0.6 is 47.1 Å². The highest BCUT2D eigenvalue weighted by molar-refractivity contribution is 7.74. The summed E-state index contributed by atoms with van der Waals surface area (Å²) in [5, 5.41) is 0. The molecule has 156 valence electrons. The smallest absolute Gasteiger partial charge is 0.163 e. The summed E-state index contributed by atoms with van der Waals surface area (Å²) in [6.07, 6.45) is 0. The molecule has 4 nitrogen and oxygen atoms in total. The van der Waals surface area contributed by atoms with Crippen LogP contribution in [0.4, 0.5) is 0 Å². The summed E-state index contributed by atoms with van der Waals surface area (Å²) >= 11 is 14.8. The van der Waals surface area contributed by atoms with Gasteiger partial charge >= 0.3 is 0 Å². The van der Waals surface area contributed by atoms with Crippen molar-refractivity contribution in [2.75, 3.05) is 13.1 Å². The predicted molar refractivity (Wildman–Crippen MR) is 134 cm³/mol. The molecule has 1 fully saturated rings.